The van der Waals surface area contributed by atoms with Crippen LogP contribution in [0, 0.1) is 11.3 Å². The highest BCUT2D eigenvalue weighted by Crippen LogP contribution is 2.22. The summed E-state index contributed by atoms with van der Waals surface area (Å²) in [6.07, 6.45) is 3.29. The van der Waals surface area contributed by atoms with Crippen LogP contribution in [0.4, 0.5) is 5.69 Å². The van der Waals surface area contributed by atoms with E-state index in [1.807, 2.05) is 6.07 Å². The molecule has 1 aromatic heterocycles. The molecule has 0 aliphatic heterocycles. The summed E-state index contributed by atoms with van der Waals surface area (Å²) in [6.45, 7) is 0.247. The highest BCUT2D eigenvalue weighted by molar-refractivity contribution is 5.56. The molecule has 84 valence electrons. The minimum atomic E-state index is 0.247. The zero-order chi connectivity index (χ0) is 12.1. The molecule has 0 bridgehead atoms. The van der Waals surface area contributed by atoms with Crippen molar-refractivity contribution in [1.29, 1.82) is 5.26 Å². The predicted molar refractivity (Wildman–Crippen MR) is 61.9 cm³/mol. The van der Waals surface area contributed by atoms with Gasteiger partial charge in [-0.1, -0.05) is 0 Å². The smallest absolute Gasteiger partial charge is 0.166 e. The second kappa shape index (κ2) is 4.94. The van der Waals surface area contributed by atoms with Crippen molar-refractivity contribution in [3.63, 3.8) is 0 Å². The molecule has 0 atom stereocenters. The van der Waals surface area contributed by atoms with Crippen LogP contribution in [0.1, 0.15) is 11.4 Å². The highest BCUT2D eigenvalue weighted by atomic mass is 16.5. The van der Waals surface area contributed by atoms with E-state index in [0.717, 1.165) is 0 Å². The maximum atomic E-state index is 8.69. The number of ether oxygens (including phenoxy) is 1. The Balaban J connectivity index is 2.08. The Morgan fingerprint density at radius 3 is 2.71 bits per heavy atom. The van der Waals surface area contributed by atoms with Crippen molar-refractivity contribution in [3.8, 4) is 11.8 Å². The molecule has 0 spiro atoms. The van der Waals surface area contributed by atoms with E-state index in [-0.39, 0.29) is 6.61 Å². The summed E-state index contributed by atoms with van der Waals surface area (Å²) < 4.78 is 5.46. The van der Waals surface area contributed by atoms with Crippen molar-refractivity contribution < 1.29 is 4.74 Å². The molecule has 0 saturated heterocycles. The summed E-state index contributed by atoms with van der Waals surface area (Å²) >= 11 is 0. The molecule has 0 aliphatic rings. The monoisotopic (exact) mass is 226 g/mol. The molecule has 0 radical (unpaired) electrons. The fourth-order valence-electron chi connectivity index (χ4n) is 1.30. The van der Waals surface area contributed by atoms with Crippen LogP contribution in [0.5, 0.6) is 5.75 Å². The third-order valence-corrected chi connectivity index (χ3v) is 2.11. The van der Waals surface area contributed by atoms with Gasteiger partial charge in [-0.15, -0.1) is 0 Å². The van der Waals surface area contributed by atoms with Gasteiger partial charge in [0.25, 0.3) is 0 Å². The first kappa shape index (κ1) is 10.9. The first-order valence-corrected chi connectivity index (χ1v) is 4.98. The average molecular weight is 226 g/mol. The number of benzene rings is 1. The summed E-state index contributed by atoms with van der Waals surface area (Å²) in [6, 6.07) is 8.63. The van der Waals surface area contributed by atoms with E-state index < -0.39 is 0 Å². The number of rotatable bonds is 3. The number of anilines is 1. The second-order valence-electron chi connectivity index (χ2n) is 3.32. The van der Waals surface area contributed by atoms with Crippen LogP contribution in [0.15, 0.2) is 36.7 Å². The largest absolute Gasteiger partial charge is 0.483 e. The molecule has 0 fully saturated rings. The lowest BCUT2D eigenvalue weighted by molar-refractivity contribution is 0.297. The van der Waals surface area contributed by atoms with Gasteiger partial charge in [-0.3, -0.25) is 0 Å². The van der Waals surface area contributed by atoms with Crippen LogP contribution in [0.25, 0.3) is 0 Å². The molecule has 17 heavy (non-hydrogen) atoms. The Hall–Kier alpha value is -2.61. The van der Waals surface area contributed by atoms with Crippen LogP contribution in [-0.4, -0.2) is 9.97 Å². The van der Waals surface area contributed by atoms with Crippen LogP contribution in [0.2, 0.25) is 0 Å². The van der Waals surface area contributed by atoms with Crippen molar-refractivity contribution in [1.82, 2.24) is 9.97 Å². The minimum Gasteiger partial charge on any atom is -0.483 e. The lowest BCUT2D eigenvalue weighted by Gasteiger charge is -2.07. The van der Waals surface area contributed by atoms with E-state index in [2.05, 4.69) is 9.97 Å². The van der Waals surface area contributed by atoms with Gasteiger partial charge in [0, 0.05) is 12.4 Å². The van der Waals surface area contributed by atoms with E-state index in [4.69, 9.17) is 15.7 Å². The topological polar surface area (TPSA) is 84.8 Å². The van der Waals surface area contributed by atoms with E-state index in [1.165, 1.54) is 0 Å². The number of nitrogen functional groups attached to an aromatic ring is 1. The van der Waals surface area contributed by atoms with Crippen molar-refractivity contribution in [2.24, 2.45) is 0 Å². The van der Waals surface area contributed by atoms with Crippen LogP contribution >= 0.6 is 0 Å². The fraction of sp³-hybridized carbons (Fsp3) is 0.0833. The molecule has 2 rings (SSSR count). The van der Waals surface area contributed by atoms with Crippen LogP contribution < -0.4 is 10.5 Å². The van der Waals surface area contributed by atoms with Crippen molar-refractivity contribution >= 4 is 5.69 Å². The highest BCUT2D eigenvalue weighted by Gasteiger charge is 2.03. The van der Waals surface area contributed by atoms with Gasteiger partial charge in [0.1, 0.15) is 12.4 Å². The van der Waals surface area contributed by atoms with E-state index >= 15 is 0 Å². The number of hydrogen-bond acceptors (Lipinski definition) is 5. The molecular weight excluding hydrogens is 216 g/mol. The number of nitriles is 1. The van der Waals surface area contributed by atoms with E-state index in [0.29, 0.717) is 22.8 Å². The summed E-state index contributed by atoms with van der Waals surface area (Å²) in [7, 11) is 0. The number of nitrogens with zero attached hydrogens (tertiary/aromatic N) is 3. The molecule has 0 amide bonds. The molecule has 2 aromatic rings. The third-order valence-electron chi connectivity index (χ3n) is 2.11. The summed E-state index contributed by atoms with van der Waals surface area (Å²) in [4.78, 5) is 8.06. The standard InChI is InChI=1S/C12H10N4O/c13-7-9-2-3-11(10(14)6-9)17-8-12-15-4-1-5-16-12/h1-6H,8,14H2. The molecule has 0 unspecified atom stereocenters. The van der Waals surface area contributed by atoms with Gasteiger partial charge >= 0.3 is 0 Å². The van der Waals surface area contributed by atoms with Crippen LogP contribution in [0.3, 0.4) is 0 Å². The number of hydrogen-bond donors (Lipinski definition) is 1. The zero-order valence-electron chi connectivity index (χ0n) is 9.00. The third kappa shape index (κ3) is 2.69. The Morgan fingerprint density at radius 1 is 1.29 bits per heavy atom. The zero-order valence-corrected chi connectivity index (χ0v) is 9.00. The molecule has 1 aromatic carbocycles. The van der Waals surface area contributed by atoms with E-state index in [9.17, 15) is 0 Å². The van der Waals surface area contributed by atoms with Gasteiger partial charge < -0.3 is 10.5 Å². The molecule has 2 N–H and O–H groups in total. The molecule has 1 heterocycles. The van der Waals surface area contributed by atoms with Crippen molar-refractivity contribution in [2.45, 2.75) is 6.61 Å². The van der Waals surface area contributed by atoms with Gasteiger partial charge in [-0.25, -0.2) is 9.97 Å². The van der Waals surface area contributed by atoms with Gasteiger partial charge in [0.05, 0.1) is 17.3 Å². The summed E-state index contributed by atoms with van der Waals surface area (Å²) in [5.41, 5.74) is 6.68. The lowest BCUT2D eigenvalue weighted by atomic mass is 10.2. The van der Waals surface area contributed by atoms with E-state index in [1.54, 1.807) is 36.7 Å². The number of nitrogens with two attached hydrogens (primary N) is 1. The quantitative estimate of drug-likeness (QED) is 0.802. The average Bonchev–Trinajstić information content (AvgIpc) is 2.38. The molecule has 5 heteroatoms. The molecular formula is C12H10N4O. The normalized spacial score (nSPS) is 9.59. The Kier molecular flexibility index (Phi) is 3.17. The molecule has 0 aliphatic carbocycles. The lowest BCUT2D eigenvalue weighted by Crippen LogP contribution is -2.02. The van der Waals surface area contributed by atoms with Gasteiger partial charge in [-0.05, 0) is 24.3 Å². The maximum Gasteiger partial charge on any atom is 0.166 e. The Morgan fingerprint density at radius 2 is 2.06 bits per heavy atom. The van der Waals surface area contributed by atoms with Gasteiger partial charge in [0.2, 0.25) is 0 Å². The van der Waals surface area contributed by atoms with Gasteiger partial charge in [-0.2, -0.15) is 5.26 Å². The predicted octanol–water partition coefficient (Wildman–Crippen LogP) is 1.51. The first-order chi connectivity index (χ1) is 8.29. The Bertz CT molecular complexity index is 548. The van der Waals surface area contributed by atoms with Gasteiger partial charge in [0.15, 0.2) is 5.82 Å². The minimum absolute atomic E-state index is 0.247. The van der Waals surface area contributed by atoms with Crippen LogP contribution in [-0.2, 0) is 6.61 Å². The number of aromatic nitrogens is 2. The molecule has 5 nitrogen and oxygen atoms in total. The molecule has 0 saturated carbocycles. The fourth-order valence-corrected chi connectivity index (χ4v) is 1.30. The first-order valence-electron chi connectivity index (χ1n) is 4.98. The summed E-state index contributed by atoms with van der Waals surface area (Å²) in [5, 5.41) is 8.69. The second-order valence-corrected chi connectivity index (χ2v) is 3.32. The van der Waals surface area contributed by atoms with Crippen molar-refractivity contribution in [2.75, 3.05) is 5.73 Å². The van der Waals surface area contributed by atoms with Crippen molar-refractivity contribution in [3.05, 3.63) is 48.0 Å². The summed E-state index contributed by atoms with van der Waals surface area (Å²) in [5.74, 6) is 1.10. The Labute approximate surface area is 98.5 Å². The SMILES string of the molecule is N#Cc1ccc(OCc2ncccn2)c(N)c1. The maximum absolute atomic E-state index is 8.69.